The first-order valence-electron chi connectivity index (χ1n) is 8.38. The first-order chi connectivity index (χ1) is 10.9. The average Bonchev–Trinajstić information content (AvgIpc) is 2.47. The lowest BCUT2D eigenvalue weighted by Gasteiger charge is -2.29. The normalized spacial score (nSPS) is 11.0. The zero-order valence-corrected chi connectivity index (χ0v) is 14.8. The Balaban J connectivity index is 2.83. The first kappa shape index (κ1) is 19.2. The number of benzene rings is 1. The molecule has 1 aromatic carbocycles. The molecule has 1 rings (SSSR count). The van der Waals surface area contributed by atoms with E-state index in [-0.39, 0.29) is 5.91 Å². The van der Waals surface area contributed by atoms with Crippen molar-refractivity contribution in [3.63, 3.8) is 0 Å². The number of nitriles is 1. The summed E-state index contributed by atoms with van der Waals surface area (Å²) in [6, 6.07) is 11.7. The SMILES string of the molecule is CC(C)CN(CC(=O)N(CCC#N)c1ccccc1)CC(C)C. The fraction of sp³-hybridized carbons (Fsp3) is 0.579. The van der Waals surface area contributed by atoms with E-state index in [9.17, 15) is 4.79 Å². The molecule has 0 aliphatic heterocycles. The van der Waals surface area contributed by atoms with Crippen LogP contribution in [0.2, 0.25) is 0 Å². The van der Waals surface area contributed by atoms with Gasteiger partial charge >= 0.3 is 0 Å². The highest BCUT2D eigenvalue weighted by atomic mass is 16.2. The maximum absolute atomic E-state index is 12.8. The fourth-order valence-electron chi connectivity index (χ4n) is 2.68. The van der Waals surface area contributed by atoms with Crippen LogP contribution >= 0.6 is 0 Å². The molecule has 0 radical (unpaired) electrons. The van der Waals surface area contributed by atoms with Gasteiger partial charge in [-0.2, -0.15) is 5.26 Å². The molecule has 1 aromatic rings. The van der Waals surface area contributed by atoms with Gasteiger partial charge in [0.05, 0.1) is 19.0 Å². The number of rotatable bonds is 9. The number of nitrogens with zero attached hydrogens (tertiary/aromatic N) is 3. The molecule has 4 nitrogen and oxygen atoms in total. The Labute approximate surface area is 140 Å². The number of carbonyl (C=O) groups is 1. The van der Waals surface area contributed by atoms with Crippen LogP contribution in [0.15, 0.2) is 30.3 Å². The molecule has 0 aromatic heterocycles. The van der Waals surface area contributed by atoms with Crippen molar-refractivity contribution in [1.29, 1.82) is 5.26 Å². The molecule has 4 heteroatoms. The van der Waals surface area contributed by atoms with E-state index in [1.54, 1.807) is 4.90 Å². The lowest BCUT2D eigenvalue weighted by atomic mass is 10.1. The highest BCUT2D eigenvalue weighted by Crippen LogP contribution is 2.15. The van der Waals surface area contributed by atoms with Crippen molar-refractivity contribution < 1.29 is 4.79 Å². The number of anilines is 1. The molecule has 0 fully saturated rings. The Hall–Kier alpha value is -1.86. The maximum Gasteiger partial charge on any atom is 0.241 e. The second-order valence-corrected chi connectivity index (χ2v) is 6.77. The summed E-state index contributed by atoms with van der Waals surface area (Å²) in [6.07, 6.45) is 0.342. The van der Waals surface area contributed by atoms with Crippen molar-refractivity contribution in [1.82, 2.24) is 4.90 Å². The molecule has 0 saturated carbocycles. The molecule has 0 N–H and O–H groups in total. The standard InChI is InChI=1S/C19H29N3O/c1-16(2)13-21(14-17(3)4)15-19(23)22(12-8-11-20)18-9-6-5-7-10-18/h5-7,9-10,16-17H,8,12-15H2,1-4H3. The molecule has 0 aliphatic rings. The summed E-state index contributed by atoms with van der Waals surface area (Å²) in [5.74, 6) is 1.10. The maximum atomic E-state index is 12.8. The second kappa shape index (κ2) is 10.0. The largest absolute Gasteiger partial charge is 0.310 e. The zero-order valence-electron chi connectivity index (χ0n) is 14.8. The van der Waals surface area contributed by atoms with Crippen LogP contribution in [-0.4, -0.2) is 37.0 Å². The van der Waals surface area contributed by atoms with Gasteiger partial charge in [0.1, 0.15) is 0 Å². The van der Waals surface area contributed by atoms with Crippen LogP contribution in [0, 0.1) is 23.2 Å². The predicted octanol–water partition coefficient (Wildman–Crippen LogP) is 3.55. The van der Waals surface area contributed by atoms with Gasteiger partial charge in [0, 0.05) is 25.3 Å². The first-order valence-corrected chi connectivity index (χ1v) is 8.38. The van der Waals surface area contributed by atoms with E-state index in [0.717, 1.165) is 18.8 Å². The molecule has 0 bridgehead atoms. The lowest BCUT2D eigenvalue weighted by Crippen LogP contribution is -2.43. The molecular weight excluding hydrogens is 286 g/mol. The summed E-state index contributed by atoms with van der Waals surface area (Å²) in [7, 11) is 0. The minimum atomic E-state index is 0.0627. The summed E-state index contributed by atoms with van der Waals surface area (Å²) >= 11 is 0. The summed E-state index contributed by atoms with van der Waals surface area (Å²) < 4.78 is 0. The third-order valence-corrected chi connectivity index (χ3v) is 3.42. The molecule has 1 amide bonds. The number of para-hydroxylation sites is 1. The molecule has 0 aliphatic carbocycles. The quantitative estimate of drug-likeness (QED) is 0.700. The third kappa shape index (κ3) is 7.30. The smallest absolute Gasteiger partial charge is 0.241 e. The number of amides is 1. The Morgan fingerprint density at radius 3 is 2.13 bits per heavy atom. The topological polar surface area (TPSA) is 47.3 Å². The van der Waals surface area contributed by atoms with Crippen LogP contribution in [0.3, 0.4) is 0 Å². The van der Waals surface area contributed by atoms with E-state index in [0.29, 0.717) is 31.3 Å². The van der Waals surface area contributed by atoms with E-state index in [4.69, 9.17) is 5.26 Å². The van der Waals surface area contributed by atoms with Gasteiger partial charge in [0.2, 0.25) is 5.91 Å². The number of hydrogen-bond acceptors (Lipinski definition) is 3. The Morgan fingerprint density at radius 1 is 1.09 bits per heavy atom. The van der Waals surface area contributed by atoms with Gasteiger partial charge in [0.25, 0.3) is 0 Å². The number of carbonyl (C=O) groups excluding carboxylic acids is 1. The molecule has 126 valence electrons. The monoisotopic (exact) mass is 315 g/mol. The third-order valence-electron chi connectivity index (χ3n) is 3.42. The summed E-state index contributed by atoms with van der Waals surface area (Å²) in [5.41, 5.74) is 0.863. The van der Waals surface area contributed by atoms with Gasteiger partial charge in [-0.1, -0.05) is 45.9 Å². The Bertz CT molecular complexity index is 495. The molecular formula is C19H29N3O. The van der Waals surface area contributed by atoms with Crippen LogP contribution in [0.25, 0.3) is 0 Å². The highest BCUT2D eigenvalue weighted by Gasteiger charge is 2.20. The summed E-state index contributed by atoms with van der Waals surface area (Å²) in [5, 5.41) is 8.87. The van der Waals surface area contributed by atoms with Gasteiger partial charge in [-0.25, -0.2) is 0 Å². The van der Waals surface area contributed by atoms with Crippen molar-refractivity contribution in [3.05, 3.63) is 30.3 Å². The molecule has 0 spiro atoms. The zero-order chi connectivity index (χ0) is 17.2. The van der Waals surface area contributed by atoms with E-state index in [1.807, 2.05) is 30.3 Å². The molecule has 0 unspecified atom stereocenters. The number of hydrogen-bond donors (Lipinski definition) is 0. The van der Waals surface area contributed by atoms with Crippen molar-refractivity contribution in [2.24, 2.45) is 11.8 Å². The predicted molar refractivity (Wildman–Crippen MR) is 95.1 cm³/mol. The Morgan fingerprint density at radius 2 is 1.65 bits per heavy atom. The molecule has 0 saturated heterocycles. The van der Waals surface area contributed by atoms with E-state index >= 15 is 0 Å². The minimum Gasteiger partial charge on any atom is -0.310 e. The molecule has 23 heavy (non-hydrogen) atoms. The van der Waals surface area contributed by atoms with Crippen molar-refractivity contribution in [3.8, 4) is 6.07 Å². The van der Waals surface area contributed by atoms with Gasteiger partial charge < -0.3 is 4.90 Å². The van der Waals surface area contributed by atoms with Gasteiger partial charge in [0.15, 0.2) is 0 Å². The molecule has 0 atom stereocenters. The fourth-order valence-corrected chi connectivity index (χ4v) is 2.68. The lowest BCUT2D eigenvalue weighted by molar-refractivity contribution is -0.120. The molecule has 0 heterocycles. The van der Waals surface area contributed by atoms with Gasteiger partial charge in [-0.05, 0) is 24.0 Å². The van der Waals surface area contributed by atoms with E-state index in [2.05, 4.69) is 38.7 Å². The second-order valence-electron chi connectivity index (χ2n) is 6.77. The van der Waals surface area contributed by atoms with Crippen LogP contribution in [0.4, 0.5) is 5.69 Å². The van der Waals surface area contributed by atoms with Crippen molar-refractivity contribution >= 4 is 11.6 Å². The minimum absolute atomic E-state index is 0.0627. The summed E-state index contributed by atoms with van der Waals surface area (Å²) in [6.45, 7) is 11.3. The van der Waals surface area contributed by atoms with Gasteiger partial charge in [-0.3, -0.25) is 9.69 Å². The van der Waals surface area contributed by atoms with Crippen LogP contribution in [0.1, 0.15) is 34.1 Å². The van der Waals surface area contributed by atoms with Crippen molar-refractivity contribution in [2.45, 2.75) is 34.1 Å². The van der Waals surface area contributed by atoms with Crippen LogP contribution < -0.4 is 4.90 Å². The highest BCUT2D eigenvalue weighted by molar-refractivity contribution is 5.94. The van der Waals surface area contributed by atoms with Crippen LogP contribution in [-0.2, 0) is 4.79 Å². The van der Waals surface area contributed by atoms with E-state index < -0.39 is 0 Å². The van der Waals surface area contributed by atoms with Crippen LogP contribution in [0.5, 0.6) is 0 Å². The summed E-state index contributed by atoms with van der Waals surface area (Å²) in [4.78, 5) is 16.8. The van der Waals surface area contributed by atoms with Gasteiger partial charge in [-0.15, -0.1) is 0 Å². The van der Waals surface area contributed by atoms with Crippen molar-refractivity contribution in [2.75, 3.05) is 31.1 Å². The average molecular weight is 315 g/mol. The van der Waals surface area contributed by atoms with E-state index in [1.165, 1.54) is 0 Å². The Kier molecular flexibility index (Phi) is 8.36.